The van der Waals surface area contributed by atoms with E-state index in [9.17, 15) is 18.0 Å². The number of aromatic amines is 1. The van der Waals surface area contributed by atoms with Gasteiger partial charge in [0.2, 0.25) is 0 Å². The summed E-state index contributed by atoms with van der Waals surface area (Å²) in [4.78, 5) is 28.9. The molecule has 0 aliphatic rings. The molecule has 0 bridgehead atoms. The Morgan fingerprint density at radius 2 is 1.85 bits per heavy atom. The molecule has 10 heteroatoms. The summed E-state index contributed by atoms with van der Waals surface area (Å²) >= 11 is 0. The first kappa shape index (κ1) is 20.7. The van der Waals surface area contributed by atoms with E-state index in [-0.39, 0.29) is 11.1 Å². The van der Waals surface area contributed by atoms with Gasteiger partial charge in [-0.2, -0.15) is 0 Å². The summed E-state index contributed by atoms with van der Waals surface area (Å²) in [6.45, 7) is 1.87. The second kappa shape index (κ2) is 8.05. The maximum Gasteiger partial charge on any atom is 0.266 e. The Morgan fingerprint density at radius 3 is 2.61 bits per heavy atom. The number of nitrogens with one attached hydrogen (secondary N) is 2. The molecule has 0 radical (unpaired) electrons. The van der Waals surface area contributed by atoms with Crippen LogP contribution in [0.4, 0.5) is 19.0 Å². The van der Waals surface area contributed by atoms with Crippen LogP contribution in [0.2, 0.25) is 0 Å². The number of halogens is 3. The average Bonchev–Trinajstić information content (AvgIpc) is 3.26. The first-order chi connectivity index (χ1) is 16.0. The number of rotatable bonds is 5. The maximum atomic E-state index is 14.6. The van der Waals surface area contributed by atoms with E-state index in [1.54, 1.807) is 12.1 Å². The summed E-state index contributed by atoms with van der Waals surface area (Å²) < 4.78 is 43.9. The monoisotopic (exact) mass is 450 g/mol. The van der Waals surface area contributed by atoms with Crippen molar-refractivity contribution in [2.45, 2.75) is 19.4 Å². The van der Waals surface area contributed by atoms with E-state index < -0.39 is 29.1 Å². The van der Waals surface area contributed by atoms with Gasteiger partial charge in [0, 0.05) is 11.8 Å². The molecule has 0 spiro atoms. The first-order valence-corrected chi connectivity index (χ1v) is 10.2. The van der Waals surface area contributed by atoms with Gasteiger partial charge >= 0.3 is 0 Å². The van der Waals surface area contributed by atoms with Gasteiger partial charge in [0.05, 0.1) is 23.4 Å². The normalized spacial score (nSPS) is 12.4. The first-order valence-electron chi connectivity index (χ1n) is 10.2. The van der Waals surface area contributed by atoms with Gasteiger partial charge in [-0.05, 0) is 36.1 Å². The number of hydrogen-bond donors (Lipinski definition) is 2. The number of nitrogens with zero attached hydrogens (tertiary/aromatic N) is 4. The van der Waals surface area contributed by atoms with E-state index in [4.69, 9.17) is 0 Å². The molecule has 0 amide bonds. The molecule has 1 atom stereocenters. The number of fused-ring (bicyclic) bond motifs is 2. The van der Waals surface area contributed by atoms with E-state index >= 15 is 0 Å². The van der Waals surface area contributed by atoms with Crippen molar-refractivity contribution in [3.63, 3.8) is 0 Å². The van der Waals surface area contributed by atoms with Crippen molar-refractivity contribution in [1.29, 1.82) is 0 Å². The van der Waals surface area contributed by atoms with Gasteiger partial charge in [0.25, 0.3) is 5.56 Å². The fourth-order valence-electron chi connectivity index (χ4n) is 3.95. The number of H-pyrrole nitrogens is 1. The third-order valence-electron chi connectivity index (χ3n) is 5.42. The molecular formula is C23H17F3N6O. The Bertz CT molecular complexity index is 1540. The lowest BCUT2D eigenvalue weighted by atomic mass is 10.0. The molecule has 0 aliphatic heterocycles. The highest BCUT2D eigenvalue weighted by Crippen LogP contribution is 2.29. The van der Waals surface area contributed by atoms with Gasteiger partial charge in [-0.15, -0.1) is 0 Å². The zero-order chi connectivity index (χ0) is 23.1. The summed E-state index contributed by atoms with van der Waals surface area (Å²) in [5, 5.41) is 3.45. The molecule has 2 N–H and O–H groups in total. The van der Waals surface area contributed by atoms with Crippen molar-refractivity contribution in [2.75, 3.05) is 5.32 Å². The lowest BCUT2D eigenvalue weighted by Gasteiger charge is -2.23. The summed E-state index contributed by atoms with van der Waals surface area (Å²) in [6, 6.07) is 8.15. The van der Waals surface area contributed by atoms with Crippen molar-refractivity contribution in [3.05, 3.63) is 88.6 Å². The maximum absolute atomic E-state index is 14.6. The lowest BCUT2D eigenvalue weighted by Crippen LogP contribution is -2.27. The number of hydrogen-bond acceptors (Lipinski definition) is 5. The van der Waals surface area contributed by atoms with Crippen molar-refractivity contribution >= 4 is 27.8 Å². The summed E-state index contributed by atoms with van der Waals surface area (Å²) in [6.07, 6.45) is 3.31. The van der Waals surface area contributed by atoms with Crippen molar-refractivity contribution < 1.29 is 13.2 Å². The van der Waals surface area contributed by atoms with Gasteiger partial charge in [-0.3, -0.25) is 9.36 Å². The van der Waals surface area contributed by atoms with Crippen LogP contribution in [0.1, 0.15) is 25.1 Å². The van der Waals surface area contributed by atoms with Crippen LogP contribution in [0.15, 0.2) is 59.9 Å². The molecule has 7 nitrogen and oxygen atoms in total. The number of aromatic nitrogens is 5. The third kappa shape index (κ3) is 3.59. The quantitative estimate of drug-likeness (QED) is 0.407. The summed E-state index contributed by atoms with van der Waals surface area (Å²) in [7, 11) is 0. The van der Waals surface area contributed by atoms with Crippen LogP contribution < -0.4 is 10.9 Å². The fraction of sp³-hybridized carbons (Fsp3) is 0.130. The highest BCUT2D eigenvalue weighted by molar-refractivity contribution is 5.84. The Morgan fingerprint density at radius 1 is 1.06 bits per heavy atom. The molecule has 3 aromatic heterocycles. The predicted molar refractivity (Wildman–Crippen MR) is 118 cm³/mol. The number of pyridine rings is 1. The molecule has 0 unspecified atom stereocenters. The molecule has 33 heavy (non-hydrogen) atoms. The molecule has 3 heterocycles. The van der Waals surface area contributed by atoms with Crippen LogP contribution >= 0.6 is 0 Å². The van der Waals surface area contributed by atoms with Gasteiger partial charge in [0.1, 0.15) is 29.3 Å². The molecule has 0 saturated heterocycles. The Labute approximate surface area is 185 Å². The van der Waals surface area contributed by atoms with Crippen molar-refractivity contribution in [2.24, 2.45) is 0 Å². The molecular weight excluding hydrogens is 433 g/mol. The number of anilines is 1. The van der Waals surface area contributed by atoms with Gasteiger partial charge < -0.3 is 10.3 Å². The molecule has 0 aliphatic carbocycles. The Hall–Kier alpha value is -4.21. The second-order valence-corrected chi connectivity index (χ2v) is 7.47. The minimum Gasteiger partial charge on any atom is -0.360 e. The molecule has 5 rings (SSSR count). The van der Waals surface area contributed by atoms with Crippen LogP contribution in [-0.4, -0.2) is 24.5 Å². The third-order valence-corrected chi connectivity index (χ3v) is 5.42. The minimum atomic E-state index is -0.855. The van der Waals surface area contributed by atoms with Crippen LogP contribution in [0, 0.1) is 17.5 Å². The molecule has 166 valence electrons. The summed E-state index contributed by atoms with van der Waals surface area (Å²) in [5.74, 6) is -2.01. The van der Waals surface area contributed by atoms with E-state index in [1.165, 1.54) is 24.8 Å². The molecule has 0 fully saturated rings. The van der Waals surface area contributed by atoms with Crippen LogP contribution in [-0.2, 0) is 0 Å². The van der Waals surface area contributed by atoms with Gasteiger partial charge in [0.15, 0.2) is 11.5 Å². The molecule has 0 saturated carbocycles. The van der Waals surface area contributed by atoms with Crippen LogP contribution in [0.5, 0.6) is 0 Å². The van der Waals surface area contributed by atoms with Crippen molar-refractivity contribution in [3.8, 4) is 5.69 Å². The number of imidazole rings is 1. The van der Waals surface area contributed by atoms with E-state index in [0.717, 1.165) is 16.7 Å². The Balaban J connectivity index is 1.76. The van der Waals surface area contributed by atoms with Gasteiger partial charge in [-0.1, -0.05) is 19.1 Å². The standard InChI is InChI=1S/C23H17F3N6O/c1-2-17(31-22-20-21(28-10-27-20)29-11-30-22)18-6-12-4-3-5-16(26)19(12)23(33)32(18)15-8-13(24)7-14(25)9-15/h3-11,17H,2H2,1H3,(H2,27,28,29,30,31)/t17-/m0/s1. The highest BCUT2D eigenvalue weighted by Gasteiger charge is 2.22. The van der Waals surface area contributed by atoms with E-state index in [2.05, 4.69) is 25.3 Å². The second-order valence-electron chi connectivity index (χ2n) is 7.47. The van der Waals surface area contributed by atoms with Crippen LogP contribution in [0.3, 0.4) is 0 Å². The van der Waals surface area contributed by atoms with Crippen molar-refractivity contribution in [1.82, 2.24) is 24.5 Å². The van der Waals surface area contributed by atoms with Gasteiger partial charge in [-0.25, -0.2) is 28.1 Å². The van der Waals surface area contributed by atoms with Crippen LogP contribution in [0.25, 0.3) is 27.6 Å². The smallest absolute Gasteiger partial charge is 0.266 e. The molecule has 2 aromatic carbocycles. The van der Waals surface area contributed by atoms with E-state index in [0.29, 0.717) is 40.5 Å². The average molecular weight is 450 g/mol. The zero-order valence-corrected chi connectivity index (χ0v) is 17.3. The lowest BCUT2D eigenvalue weighted by molar-refractivity contribution is 0.579. The SMILES string of the molecule is CC[C@H](Nc1ncnc2[nH]cnc12)c1cc2cccc(F)c2c(=O)n1-c1cc(F)cc(F)c1. The molecule has 5 aromatic rings. The largest absolute Gasteiger partial charge is 0.360 e. The minimum absolute atomic E-state index is 0.0505. The zero-order valence-electron chi connectivity index (χ0n) is 17.3. The predicted octanol–water partition coefficient (Wildman–Crippen LogP) is 4.64. The summed E-state index contributed by atoms with van der Waals surface area (Å²) in [5.41, 5.74) is 0.623. The van der Waals surface area contributed by atoms with E-state index in [1.807, 2.05) is 6.92 Å². The highest BCUT2D eigenvalue weighted by atomic mass is 19.1. The topological polar surface area (TPSA) is 88.5 Å². The fourth-order valence-corrected chi connectivity index (χ4v) is 3.95. The number of benzene rings is 2. The Kier molecular flexibility index (Phi) is 5.04.